The molecule has 0 radical (unpaired) electrons. The zero-order valence-electron chi connectivity index (χ0n) is 18.7. The first kappa shape index (κ1) is 23.3. The smallest absolute Gasteiger partial charge is 0.251 e. The molecule has 0 heterocycles. The number of carbonyl (C=O) groups excluding carboxylic acids is 1. The molecule has 6 nitrogen and oxygen atoms in total. The molecule has 1 unspecified atom stereocenters. The summed E-state index contributed by atoms with van der Waals surface area (Å²) in [6.45, 7) is 8.48. The summed E-state index contributed by atoms with van der Waals surface area (Å²) >= 11 is 0. The van der Waals surface area contributed by atoms with Crippen LogP contribution in [-0.4, -0.2) is 33.0 Å². The van der Waals surface area contributed by atoms with E-state index in [1.807, 2.05) is 12.1 Å². The predicted octanol–water partition coefficient (Wildman–Crippen LogP) is 3.73. The normalized spacial score (nSPS) is 15.0. The van der Waals surface area contributed by atoms with Gasteiger partial charge < -0.3 is 10.6 Å². The van der Waals surface area contributed by atoms with Gasteiger partial charge in [-0.3, -0.25) is 4.79 Å². The molecule has 31 heavy (non-hydrogen) atoms. The van der Waals surface area contributed by atoms with Crippen molar-refractivity contribution in [2.45, 2.75) is 63.9 Å². The lowest BCUT2D eigenvalue weighted by atomic mass is 10.1. The molecule has 0 bridgehead atoms. The van der Waals surface area contributed by atoms with E-state index >= 15 is 0 Å². The number of anilines is 1. The van der Waals surface area contributed by atoms with E-state index in [-0.39, 0.29) is 22.9 Å². The molecule has 1 amide bonds. The summed E-state index contributed by atoms with van der Waals surface area (Å²) < 4.78 is 28.2. The maximum absolute atomic E-state index is 13.0. The summed E-state index contributed by atoms with van der Waals surface area (Å²) in [5.74, 6) is 0.175. The van der Waals surface area contributed by atoms with Gasteiger partial charge in [0.05, 0.1) is 4.90 Å². The Bertz CT molecular complexity index is 1010. The van der Waals surface area contributed by atoms with Crippen molar-refractivity contribution in [1.29, 1.82) is 0 Å². The van der Waals surface area contributed by atoms with Gasteiger partial charge in [-0.15, -0.1) is 0 Å². The SMILES string of the molecule is CCC(C)CNc1cc(C(=O)NC2Cc3ccccc3C2)cc(S(=O)(=O)NC(C)C)c1. The van der Waals surface area contributed by atoms with E-state index < -0.39 is 10.0 Å². The maximum atomic E-state index is 13.0. The van der Waals surface area contributed by atoms with Crippen molar-refractivity contribution in [1.82, 2.24) is 10.0 Å². The third kappa shape index (κ3) is 6.08. The Hall–Kier alpha value is -2.38. The highest BCUT2D eigenvalue weighted by molar-refractivity contribution is 7.89. The zero-order valence-corrected chi connectivity index (χ0v) is 19.6. The second kappa shape index (κ2) is 9.83. The van der Waals surface area contributed by atoms with Crippen LogP contribution in [0.5, 0.6) is 0 Å². The summed E-state index contributed by atoms with van der Waals surface area (Å²) in [4.78, 5) is 13.1. The van der Waals surface area contributed by atoms with E-state index in [1.165, 1.54) is 17.2 Å². The van der Waals surface area contributed by atoms with Crippen LogP contribution in [0.15, 0.2) is 47.4 Å². The second-order valence-corrected chi connectivity index (χ2v) is 10.5. The van der Waals surface area contributed by atoms with Crippen molar-refractivity contribution < 1.29 is 13.2 Å². The first-order chi connectivity index (χ1) is 14.7. The Morgan fingerprint density at radius 3 is 2.29 bits per heavy atom. The third-order valence-corrected chi connectivity index (χ3v) is 7.25. The summed E-state index contributed by atoms with van der Waals surface area (Å²) in [7, 11) is -3.72. The number of hydrogen-bond acceptors (Lipinski definition) is 4. The van der Waals surface area contributed by atoms with Gasteiger partial charge in [0, 0.05) is 29.9 Å². The lowest BCUT2D eigenvalue weighted by molar-refractivity contribution is 0.0938. The lowest BCUT2D eigenvalue weighted by Crippen LogP contribution is -2.35. The van der Waals surface area contributed by atoms with Crippen molar-refractivity contribution in [3.05, 3.63) is 59.2 Å². The molecule has 0 saturated carbocycles. The Balaban J connectivity index is 1.83. The molecule has 2 aromatic carbocycles. The number of carbonyl (C=O) groups is 1. The van der Waals surface area contributed by atoms with E-state index in [0.717, 1.165) is 19.3 Å². The minimum Gasteiger partial charge on any atom is -0.385 e. The Morgan fingerprint density at radius 2 is 1.71 bits per heavy atom. The molecule has 168 valence electrons. The van der Waals surface area contributed by atoms with Crippen LogP contribution in [0, 0.1) is 5.92 Å². The van der Waals surface area contributed by atoms with Gasteiger partial charge in [-0.25, -0.2) is 13.1 Å². The minimum atomic E-state index is -3.72. The molecule has 0 spiro atoms. The Morgan fingerprint density at radius 1 is 1.06 bits per heavy atom. The number of rotatable bonds is 9. The lowest BCUT2D eigenvalue weighted by Gasteiger charge is -2.17. The molecule has 3 rings (SSSR count). The molecule has 2 aromatic rings. The number of benzene rings is 2. The van der Waals surface area contributed by atoms with Gasteiger partial charge in [0.1, 0.15) is 0 Å². The third-order valence-electron chi connectivity index (χ3n) is 5.61. The fraction of sp³-hybridized carbons (Fsp3) is 0.458. The topological polar surface area (TPSA) is 87.3 Å². The predicted molar refractivity (Wildman–Crippen MR) is 125 cm³/mol. The van der Waals surface area contributed by atoms with Gasteiger partial charge in [-0.1, -0.05) is 44.5 Å². The van der Waals surface area contributed by atoms with Gasteiger partial charge in [0.15, 0.2) is 0 Å². The highest BCUT2D eigenvalue weighted by Gasteiger charge is 2.24. The fourth-order valence-electron chi connectivity index (χ4n) is 3.73. The highest BCUT2D eigenvalue weighted by Crippen LogP contribution is 2.24. The molecule has 0 saturated heterocycles. The summed E-state index contributed by atoms with van der Waals surface area (Å²) in [6.07, 6.45) is 2.58. The number of hydrogen-bond donors (Lipinski definition) is 3. The van der Waals surface area contributed by atoms with Crippen LogP contribution in [-0.2, 0) is 22.9 Å². The number of sulfonamides is 1. The zero-order chi connectivity index (χ0) is 22.6. The molecule has 3 N–H and O–H groups in total. The van der Waals surface area contributed by atoms with Crippen molar-refractivity contribution in [2.75, 3.05) is 11.9 Å². The van der Waals surface area contributed by atoms with Crippen molar-refractivity contribution in [2.24, 2.45) is 5.92 Å². The van der Waals surface area contributed by atoms with E-state index in [2.05, 4.69) is 41.3 Å². The van der Waals surface area contributed by atoms with E-state index in [4.69, 9.17) is 0 Å². The van der Waals surface area contributed by atoms with Crippen LogP contribution >= 0.6 is 0 Å². The van der Waals surface area contributed by atoms with Gasteiger partial charge in [-0.05, 0) is 61.9 Å². The fourth-order valence-corrected chi connectivity index (χ4v) is 5.05. The van der Waals surface area contributed by atoms with Crippen LogP contribution in [0.1, 0.15) is 55.6 Å². The van der Waals surface area contributed by atoms with E-state index in [1.54, 1.807) is 26.0 Å². The van der Waals surface area contributed by atoms with Gasteiger partial charge >= 0.3 is 0 Å². The van der Waals surface area contributed by atoms with Crippen molar-refractivity contribution in [3.8, 4) is 0 Å². The molecule has 1 aliphatic rings. The average Bonchev–Trinajstić information content (AvgIpc) is 3.13. The Labute approximate surface area is 185 Å². The molecule has 0 aliphatic heterocycles. The molecular formula is C24H33N3O3S. The maximum Gasteiger partial charge on any atom is 0.251 e. The number of amides is 1. The summed E-state index contributed by atoms with van der Waals surface area (Å²) in [6, 6.07) is 12.7. The molecule has 1 atom stereocenters. The summed E-state index contributed by atoms with van der Waals surface area (Å²) in [5.41, 5.74) is 3.48. The largest absolute Gasteiger partial charge is 0.385 e. The standard InChI is InChI=1S/C24H33N3O3S/c1-5-17(4)15-25-21-12-20(13-23(14-21)31(29,30)27-16(2)3)24(28)26-22-10-18-8-6-7-9-19(18)11-22/h6-9,12-14,16-17,22,25,27H,5,10-11,15H2,1-4H3,(H,26,28). The van der Waals surface area contributed by atoms with Crippen LogP contribution in [0.25, 0.3) is 0 Å². The van der Waals surface area contributed by atoms with Gasteiger partial charge in [-0.2, -0.15) is 0 Å². The van der Waals surface area contributed by atoms with Crippen LogP contribution < -0.4 is 15.4 Å². The number of nitrogens with one attached hydrogen (secondary N) is 3. The molecule has 7 heteroatoms. The molecular weight excluding hydrogens is 410 g/mol. The van der Waals surface area contributed by atoms with Crippen LogP contribution in [0.3, 0.4) is 0 Å². The molecule has 0 aromatic heterocycles. The van der Waals surface area contributed by atoms with Crippen LogP contribution in [0.2, 0.25) is 0 Å². The second-order valence-electron chi connectivity index (χ2n) is 8.76. The molecule has 1 aliphatic carbocycles. The molecule has 0 fully saturated rings. The van der Waals surface area contributed by atoms with E-state index in [0.29, 0.717) is 23.7 Å². The first-order valence-electron chi connectivity index (χ1n) is 11.0. The van der Waals surface area contributed by atoms with Gasteiger partial charge in [0.25, 0.3) is 5.91 Å². The van der Waals surface area contributed by atoms with Gasteiger partial charge in [0.2, 0.25) is 10.0 Å². The van der Waals surface area contributed by atoms with Crippen LogP contribution in [0.4, 0.5) is 5.69 Å². The monoisotopic (exact) mass is 443 g/mol. The summed E-state index contributed by atoms with van der Waals surface area (Å²) in [5, 5.41) is 6.37. The average molecular weight is 444 g/mol. The van der Waals surface area contributed by atoms with Crippen molar-refractivity contribution >= 4 is 21.6 Å². The quantitative estimate of drug-likeness (QED) is 0.551. The Kier molecular flexibility index (Phi) is 7.38. The number of fused-ring (bicyclic) bond motifs is 1. The van der Waals surface area contributed by atoms with Crippen molar-refractivity contribution in [3.63, 3.8) is 0 Å². The first-order valence-corrected chi connectivity index (χ1v) is 12.4. The highest BCUT2D eigenvalue weighted by atomic mass is 32.2. The minimum absolute atomic E-state index is 0.00970. The van der Waals surface area contributed by atoms with E-state index in [9.17, 15) is 13.2 Å².